The van der Waals surface area contributed by atoms with Gasteiger partial charge in [0.25, 0.3) is 0 Å². The molecule has 0 aliphatic carbocycles. The van der Waals surface area contributed by atoms with Crippen LogP contribution in [0.15, 0.2) is 48.5 Å². The minimum atomic E-state index is -0.975. The van der Waals surface area contributed by atoms with Crippen molar-refractivity contribution in [3.05, 3.63) is 65.5 Å². The fourth-order valence-corrected chi connectivity index (χ4v) is 2.55. The van der Waals surface area contributed by atoms with Gasteiger partial charge < -0.3 is 5.11 Å². The number of pyridine rings is 1. The van der Waals surface area contributed by atoms with Crippen molar-refractivity contribution >= 4 is 10.9 Å². The number of nitrogens with zero attached hydrogens (tertiary/aromatic N) is 1. The Kier molecular flexibility index (Phi) is 4.10. The Morgan fingerprint density at radius 3 is 2.74 bits per heavy atom. The normalized spacial score (nSPS) is 12.1. The number of halogens is 1. The summed E-state index contributed by atoms with van der Waals surface area (Å²) < 4.78 is 14.2. The summed E-state index contributed by atoms with van der Waals surface area (Å²) in [4.78, 5) is 4.59. The van der Waals surface area contributed by atoms with Gasteiger partial charge in [-0.1, -0.05) is 35.7 Å². The SMILES string of the molecule is C#CC(O)Cc1ccc(-c2ccc3cc(C)ccc3n2)cc1F. The van der Waals surface area contributed by atoms with Crippen LogP contribution in [0.5, 0.6) is 0 Å². The third-order valence-corrected chi connectivity index (χ3v) is 3.80. The van der Waals surface area contributed by atoms with Crippen LogP contribution in [0.3, 0.4) is 0 Å². The molecule has 0 spiro atoms. The highest BCUT2D eigenvalue weighted by molar-refractivity contribution is 5.82. The fraction of sp³-hybridized carbons (Fsp3) is 0.150. The fourth-order valence-electron chi connectivity index (χ4n) is 2.55. The van der Waals surface area contributed by atoms with Crippen molar-refractivity contribution in [1.29, 1.82) is 0 Å². The van der Waals surface area contributed by atoms with Gasteiger partial charge in [0.2, 0.25) is 0 Å². The van der Waals surface area contributed by atoms with E-state index in [0.29, 0.717) is 16.8 Å². The highest BCUT2D eigenvalue weighted by atomic mass is 19.1. The van der Waals surface area contributed by atoms with E-state index in [4.69, 9.17) is 6.42 Å². The van der Waals surface area contributed by atoms with Crippen molar-refractivity contribution in [2.75, 3.05) is 0 Å². The summed E-state index contributed by atoms with van der Waals surface area (Å²) in [5, 5.41) is 10.5. The molecule has 1 aromatic heterocycles. The Bertz CT molecular complexity index is 911. The van der Waals surface area contributed by atoms with E-state index in [2.05, 4.69) is 17.0 Å². The lowest BCUT2D eigenvalue weighted by Crippen LogP contribution is -2.08. The molecule has 0 aliphatic rings. The molecule has 0 bridgehead atoms. The summed E-state index contributed by atoms with van der Waals surface area (Å²) in [7, 11) is 0. The van der Waals surface area contributed by atoms with Crippen LogP contribution in [0, 0.1) is 25.1 Å². The van der Waals surface area contributed by atoms with E-state index in [1.54, 1.807) is 12.1 Å². The first-order chi connectivity index (χ1) is 11.1. The maximum atomic E-state index is 14.2. The number of hydrogen-bond donors (Lipinski definition) is 1. The summed E-state index contributed by atoms with van der Waals surface area (Å²) >= 11 is 0. The molecule has 1 atom stereocenters. The maximum absolute atomic E-state index is 14.2. The number of aryl methyl sites for hydroxylation is 1. The summed E-state index contributed by atoms with van der Waals surface area (Å²) in [6.45, 7) is 2.03. The Balaban J connectivity index is 1.97. The quantitative estimate of drug-likeness (QED) is 0.745. The molecule has 0 fully saturated rings. The van der Waals surface area contributed by atoms with Crippen LogP contribution in [0.1, 0.15) is 11.1 Å². The lowest BCUT2D eigenvalue weighted by molar-refractivity contribution is 0.232. The predicted octanol–water partition coefficient (Wildman–Crippen LogP) is 3.89. The van der Waals surface area contributed by atoms with Crippen molar-refractivity contribution in [3.8, 4) is 23.6 Å². The second-order valence-corrected chi connectivity index (χ2v) is 5.59. The molecule has 114 valence electrons. The zero-order valence-corrected chi connectivity index (χ0v) is 12.8. The number of fused-ring (bicyclic) bond motifs is 1. The Morgan fingerprint density at radius 1 is 1.17 bits per heavy atom. The molecule has 0 saturated carbocycles. The second kappa shape index (κ2) is 6.20. The molecule has 0 aliphatic heterocycles. The monoisotopic (exact) mass is 305 g/mol. The van der Waals surface area contributed by atoms with Gasteiger partial charge in [0.15, 0.2) is 0 Å². The van der Waals surface area contributed by atoms with E-state index in [0.717, 1.165) is 10.9 Å². The number of rotatable bonds is 3. The average molecular weight is 305 g/mol. The van der Waals surface area contributed by atoms with Crippen molar-refractivity contribution in [2.45, 2.75) is 19.4 Å². The van der Waals surface area contributed by atoms with Gasteiger partial charge in [-0.15, -0.1) is 6.42 Å². The molecular formula is C20H16FNO. The molecule has 0 saturated heterocycles. The topological polar surface area (TPSA) is 33.1 Å². The highest BCUT2D eigenvalue weighted by Gasteiger charge is 2.10. The van der Waals surface area contributed by atoms with Crippen molar-refractivity contribution in [1.82, 2.24) is 4.98 Å². The first-order valence-electron chi connectivity index (χ1n) is 7.37. The third-order valence-electron chi connectivity index (χ3n) is 3.80. The van der Waals surface area contributed by atoms with Crippen LogP contribution in [0.2, 0.25) is 0 Å². The summed E-state index contributed by atoms with van der Waals surface area (Å²) in [5.74, 6) is 1.80. The zero-order valence-electron chi connectivity index (χ0n) is 12.8. The van der Waals surface area contributed by atoms with Gasteiger partial charge in [0.05, 0.1) is 11.2 Å². The van der Waals surface area contributed by atoms with Gasteiger partial charge in [-0.05, 0) is 36.8 Å². The van der Waals surface area contributed by atoms with E-state index in [1.807, 2.05) is 31.2 Å². The molecule has 0 amide bonds. The van der Waals surface area contributed by atoms with Gasteiger partial charge in [-0.25, -0.2) is 9.37 Å². The van der Waals surface area contributed by atoms with Gasteiger partial charge in [0.1, 0.15) is 11.9 Å². The van der Waals surface area contributed by atoms with Crippen LogP contribution >= 0.6 is 0 Å². The van der Waals surface area contributed by atoms with E-state index in [9.17, 15) is 9.50 Å². The van der Waals surface area contributed by atoms with E-state index in [1.165, 1.54) is 11.6 Å². The van der Waals surface area contributed by atoms with E-state index in [-0.39, 0.29) is 12.2 Å². The molecule has 1 N–H and O–H groups in total. The smallest absolute Gasteiger partial charge is 0.127 e. The molecule has 2 nitrogen and oxygen atoms in total. The Morgan fingerprint density at radius 2 is 2.00 bits per heavy atom. The molecule has 3 aromatic rings. The van der Waals surface area contributed by atoms with Crippen LogP contribution in [-0.4, -0.2) is 16.2 Å². The number of benzene rings is 2. The number of aliphatic hydroxyl groups is 1. The Hall–Kier alpha value is -2.70. The molecule has 2 aromatic carbocycles. The highest BCUT2D eigenvalue weighted by Crippen LogP contribution is 2.24. The average Bonchev–Trinajstić information content (AvgIpc) is 2.56. The number of terminal acetylenes is 1. The first kappa shape index (κ1) is 15.2. The molecule has 0 radical (unpaired) electrons. The summed E-state index contributed by atoms with van der Waals surface area (Å²) in [6.07, 6.45) is 4.25. The number of hydrogen-bond acceptors (Lipinski definition) is 2. The third kappa shape index (κ3) is 3.23. The second-order valence-electron chi connectivity index (χ2n) is 5.59. The number of aromatic nitrogens is 1. The van der Waals surface area contributed by atoms with Crippen LogP contribution < -0.4 is 0 Å². The number of aliphatic hydroxyl groups excluding tert-OH is 1. The predicted molar refractivity (Wildman–Crippen MR) is 90.4 cm³/mol. The molecule has 3 rings (SSSR count). The molecule has 3 heteroatoms. The van der Waals surface area contributed by atoms with Crippen molar-refractivity contribution in [2.24, 2.45) is 0 Å². The largest absolute Gasteiger partial charge is 0.380 e. The molecule has 23 heavy (non-hydrogen) atoms. The minimum absolute atomic E-state index is 0.104. The van der Waals surface area contributed by atoms with Gasteiger partial charge >= 0.3 is 0 Å². The zero-order chi connectivity index (χ0) is 16.4. The van der Waals surface area contributed by atoms with Gasteiger partial charge in [-0.2, -0.15) is 0 Å². The van der Waals surface area contributed by atoms with Crippen LogP contribution in [0.25, 0.3) is 22.2 Å². The molecular weight excluding hydrogens is 289 g/mol. The van der Waals surface area contributed by atoms with E-state index < -0.39 is 6.10 Å². The Labute approximate surface area is 134 Å². The summed E-state index contributed by atoms with van der Waals surface area (Å²) in [6, 6.07) is 14.8. The van der Waals surface area contributed by atoms with Crippen LogP contribution in [0.4, 0.5) is 4.39 Å². The minimum Gasteiger partial charge on any atom is -0.380 e. The molecule has 1 unspecified atom stereocenters. The van der Waals surface area contributed by atoms with Gasteiger partial charge in [-0.3, -0.25) is 0 Å². The maximum Gasteiger partial charge on any atom is 0.127 e. The van der Waals surface area contributed by atoms with E-state index >= 15 is 0 Å². The lowest BCUT2D eigenvalue weighted by atomic mass is 10.0. The first-order valence-corrected chi connectivity index (χ1v) is 7.37. The van der Waals surface area contributed by atoms with Crippen molar-refractivity contribution in [3.63, 3.8) is 0 Å². The molecule has 1 heterocycles. The van der Waals surface area contributed by atoms with Crippen LogP contribution in [-0.2, 0) is 6.42 Å². The van der Waals surface area contributed by atoms with Crippen molar-refractivity contribution < 1.29 is 9.50 Å². The summed E-state index contributed by atoms with van der Waals surface area (Å²) in [5.41, 5.74) is 3.86. The lowest BCUT2D eigenvalue weighted by Gasteiger charge is -2.08. The standard InChI is InChI=1S/C20H16FNO/c1-3-17(23)11-14-5-6-16(12-18(14)21)20-9-7-15-10-13(2)4-8-19(15)22-20/h1,4-10,12,17,23H,11H2,2H3. The van der Waals surface area contributed by atoms with Gasteiger partial charge in [0, 0.05) is 17.4 Å².